The fraction of sp³-hybridized carbons (Fsp3) is 0. The maximum atomic E-state index is 10.8. The van der Waals surface area contributed by atoms with E-state index < -0.39 is 21.5 Å². The SMILES string of the molecule is O=[N+]([O-])c1ncccc1-c1cccnc1[N+](=O)[O-]. The Morgan fingerprint density at radius 3 is 1.56 bits per heavy atom. The summed E-state index contributed by atoms with van der Waals surface area (Å²) in [7, 11) is 0. The molecule has 0 atom stereocenters. The second kappa shape index (κ2) is 4.53. The van der Waals surface area contributed by atoms with Crippen LogP contribution in [0.25, 0.3) is 11.1 Å². The van der Waals surface area contributed by atoms with Gasteiger partial charge in [0, 0.05) is 0 Å². The number of hydrogen-bond acceptors (Lipinski definition) is 6. The van der Waals surface area contributed by atoms with Crippen LogP contribution >= 0.6 is 0 Å². The molecule has 90 valence electrons. The molecular formula is C10H6N4O4. The van der Waals surface area contributed by atoms with Crippen LogP contribution in [0, 0.1) is 20.2 Å². The van der Waals surface area contributed by atoms with Crippen LogP contribution in [0.1, 0.15) is 0 Å². The van der Waals surface area contributed by atoms with Crippen molar-refractivity contribution in [1.29, 1.82) is 0 Å². The second-order valence-electron chi connectivity index (χ2n) is 3.26. The topological polar surface area (TPSA) is 112 Å². The van der Waals surface area contributed by atoms with Gasteiger partial charge in [-0.25, -0.2) is 0 Å². The smallest absolute Gasteiger partial charge is 0.358 e. The first-order valence-corrected chi connectivity index (χ1v) is 4.80. The summed E-state index contributed by atoms with van der Waals surface area (Å²) in [5, 5.41) is 21.7. The summed E-state index contributed by atoms with van der Waals surface area (Å²) < 4.78 is 0. The van der Waals surface area contributed by atoms with E-state index in [1.165, 1.54) is 36.7 Å². The third-order valence-corrected chi connectivity index (χ3v) is 2.21. The average molecular weight is 246 g/mol. The molecule has 0 unspecified atom stereocenters. The first-order chi connectivity index (χ1) is 8.61. The van der Waals surface area contributed by atoms with Gasteiger partial charge in [-0.15, -0.1) is 0 Å². The molecule has 0 saturated heterocycles. The van der Waals surface area contributed by atoms with Gasteiger partial charge in [-0.2, -0.15) is 0 Å². The minimum atomic E-state index is -0.688. The highest BCUT2D eigenvalue weighted by Gasteiger charge is 2.23. The van der Waals surface area contributed by atoms with Gasteiger partial charge < -0.3 is 20.2 Å². The molecule has 0 aliphatic heterocycles. The van der Waals surface area contributed by atoms with Crippen molar-refractivity contribution >= 4 is 11.6 Å². The van der Waals surface area contributed by atoms with E-state index in [0.29, 0.717) is 0 Å². The van der Waals surface area contributed by atoms with Gasteiger partial charge in [0.25, 0.3) is 0 Å². The van der Waals surface area contributed by atoms with Crippen LogP contribution < -0.4 is 0 Å². The summed E-state index contributed by atoms with van der Waals surface area (Å²) in [6, 6.07) is 5.74. The Kier molecular flexibility index (Phi) is 2.92. The highest BCUT2D eigenvalue weighted by molar-refractivity contribution is 5.76. The van der Waals surface area contributed by atoms with Crippen LogP contribution in [-0.2, 0) is 0 Å². The van der Waals surface area contributed by atoms with Gasteiger partial charge in [0.15, 0.2) is 0 Å². The van der Waals surface area contributed by atoms with Crippen molar-refractivity contribution in [2.24, 2.45) is 0 Å². The molecule has 0 aliphatic carbocycles. The van der Waals surface area contributed by atoms with Crippen LogP contribution in [-0.4, -0.2) is 19.8 Å². The van der Waals surface area contributed by atoms with Crippen LogP contribution in [0.2, 0.25) is 0 Å². The molecule has 8 nitrogen and oxygen atoms in total. The molecule has 0 radical (unpaired) electrons. The van der Waals surface area contributed by atoms with Crippen molar-refractivity contribution in [3.05, 3.63) is 56.9 Å². The van der Waals surface area contributed by atoms with E-state index in [9.17, 15) is 20.2 Å². The number of nitro groups is 2. The Morgan fingerprint density at radius 2 is 1.22 bits per heavy atom. The Morgan fingerprint density at radius 1 is 0.833 bits per heavy atom. The third kappa shape index (κ3) is 1.98. The lowest BCUT2D eigenvalue weighted by molar-refractivity contribution is -0.391. The molecule has 2 heterocycles. The van der Waals surface area contributed by atoms with Crippen LogP contribution in [0.3, 0.4) is 0 Å². The predicted molar refractivity (Wildman–Crippen MR) is 60.8 cm³/mol. The highest BCUT2D eigenvalue weighted by Crippen LogP contribution is 2.32. The zero-order valence-electron chi connectivity index (χ0n) is 8.89. The van der Waals surface area contributed by atoms with E-state index in [0.717, 1.165) is 0 Å². The fourth-order valence-corrected chi connectivity index (χ4v) is 1.51. The van der Waals surface area contributed by atoms with Gasteiger partial charge in [-0.1, -0.05) is 0 Å². The number of pyridine rings is 2. The number of rotatable bonds is 3. The molecule has 0 N–H and O–H groups in total. The van der Waals surface area contributed by atoms with E-state index in [1.54, 1.807) is 0 Å². The molecule has 18 heavy (non-hydrogen) atoms. The zero-order valence-corrected chi connectivity index (χ0v) is 8.89. The van der Waals surface area contributed by atoms with Crippen LogP contribution in [0.5, 0.6) is 0 Å². The summed E-state index contributed by atoms with van der Waals surface area (Å²) in [5.41, 5.74) is 0.143. The van der Waals surface area contributed by atoms with Crippen molar-refractivity contribution in [1.82, 2.24) is 9.97 Å². The zero-order chi connectivity index (χ0) is 13.1. The molecular weight excluding hydrogens is 240 g/mol. The number of hydrogen-bond donors (Lipinski definition) is 0. The van der Waals surface area contributed by atoms with Gasteiger partial charge in [-0.05, 0) is 44.1 Å². The standard InChI is InChI=1S/C10H6N4O4/c15-13(16)9-7(3-1-5-11-9)8-4-2-6-12-10(8)14(17)18/h1-6H. The predicted octanol–water partition coefficient (Wildman–Crippen LogP) is 1.96. The molecule has 0 fully saturated rings. The number of aromatic nitrogens is 2. The maximum Gasteiger partial charge on any atom is 0.371 e. The molecule has 0 aliphatic rings. The first kappa shape index (κ1) is 11.6. The fourth-order valence-electron chi connectivity index (χ4n) is 1.51. The maximum absolute atomic E-state index is 10.8. The van der Waals surface area contributed by atoms with E-state index in [2.05, 4.69) is 9.97 Å². The van der Waals surface area contributed by atoms with Gasteiger partial charge in [0.2, 0.25) is 0 Å². The lowest BCUT2D eigenvalue weighted by Gasteiger charge is -2.02. The monoisotopic (exact) mass is 246 g/mol. The van der Waals surface area contributed by atoms with Crippen molar-refractivity contribution in [3.63, 3.8) is 0 Å². The molecule has 0 bridgehead atoms. The normalized spacial score (nSPS) is 10.0. The lowest BCUT2D eigenvalue weighted by atomic mass is 10.1. The summed E-state index contributed by atoms with van der Waals surface area (Å²) in [6.07, 6.45) is 2.51. The minimum Gasteiger partial charge on any atom is -0.358 e. The van der Waals surface area contributed by atoms with E-state index in [-0.39, 0.29) is 11.1 Å². The van der Waals surface area contributed by atoms with Gasteiger partial charge >= 0.3 is 11.6 Å². The lowest BCUT2D eigenvalue weighted by Crippen LogP contribution is -1.99. The average Bonchev–Trinajstić information content (AvgIpc) is 2.38. The minimum absolute atomic E-state index is 0.0716. The summed E-state index contributed by atoms with van der Waals surface area (Å²) in [4.78, 5) is 27.5. The summed E-state index contributed by atoms with van der Waals surface area (Å²) in [5.74, 6) is -0.873. The van der Waals surface area contributed by atoms with Gasteiger partial charge in [-0.3, -0.25) is 0 Å². The van der Waals surface area contributed by atoms with Gasteiger partial charge in [0.1, 0.15) is 12.4 Å². The molecule has 8 heteroatoms. The Bertz CT molecular complexity index is 573. The molecule has 2 aromatic heterocycles. The first-order valence-electron chi connectivity index (χ1n) is 4.80. The van der Waals surface area contributed by atoms with E-state index in [1.807, 2.05) is 0 Å². The number of nitrogens with zero attached hydrogens (tertiary/aromatic N) is 4. The van der Waals surface area contributed by atoms with Crippen LogP contribution in [0.15, 0.2) is 36.7 Å². The van der Waals surface area contributed by atoms with E-state index in [4.69, 9.17) is 0 Å². The van der Waals surface area contributed by atoms with Crippen LogP contribution in [0.4, 0.5) is 11.6 Å². The summed E-state index contributed by atoms with van der Waals surface area (Å²) in [6.45, 7) is 0. The third-order valence-electron chi connectivity index (χ3n) is 2.21. The molecule has 2 rings (SSSR count). The molecule has 0 spiro atoms. The van der Waals surface area contributed by atoms with Crippen molar-refractivity contribution in [2.75, 3.05) is 0 Å². The molecule has 0 amide bonds. The van der Waals surface area contributed by atoms with E-state index >= 15 is 0 Å². The van der Waals surface area contributed by atoms with Gasteiger partial charge in [0.05, 0.1) is 11.1 Å². The van der Waals surface area contributed by atoms with Crippen molar-refractivity contribution < 1.29 is 9.85 Å². The largest absolute Gasteiger partial charge is 0.371 e. The Balaban J connectivity index is 2.70. The van der Waals surface area contributed by atoms with Crippen molar-refractivity contribution in [2.45, 2.75) is 0 Å². The molecule has 2 aromatic rings. The Labute approximate surface area is 100 Å². The van der Waals surface area contributed by atoms with Crippen molar-refractivity contribution in [3.8, 4) is 11.1 Å². The molecule has 0 saturated carbocycles. The summed E-state index contributed by atoms with van der Waals surface area (Å²) >= 11 is 0. The molecule has 0 aromatic carbocycles. The highest BCUT2D eigenvalue weighted by atomic mass is 16.6. The second-order valence-corrected chi connectivity index (χ2v) is 3.26. The Hall–Kier alpha value is -2.90. The quantitative estimate of drug-likeness (QED) is 0.604.